The molecule has 0 radical (unpaired) electrons. The topological polar surface area (TPSA) is 53.3 Å². The van der Waals surface area contributed by atoms with E-state index in [9.17, 15) is 4.79 Å². The molecule has 0 bridgehead atoms. The summed E-state index contributed by atoms with van der Waals surface area (Å²) in [4.78, 5) is 11.9. The SMILES string of the molecule is CCOC(=O)c1nn(C)c(Oc2ccc(C)cc2)c1CC. The zero-order valence-electron chi connectivity index (χ0n) is 12.8. The highest BCUT2D eigenvalue weighted by molar-refractivity contribution is 5.89. The van der Waals surface area contributed by atoms with Crippen LogP contribution in [0, 0.1) is 6.92 Å². The number of rotatable bonds is 5. The van der Waals surface area contributed by atoms with Gasteiger partial charge in [0.2, 0.25) is 5.88 Å². The first-order valence-electron chi connectivity index (χ1n) is 7.04. The first kappa shape index (κ1) is 15.1. The summed E-state index contributed by atoms with van der Waals surface area (Å²) in [5, 5.41) is 4.23. The second kappa shape index (κ2) is 6.43. The van der Waals surface area contributed by atoms with Crippen molar-refractivity contribution >= 4 is 5.97 Å². The van der Waals surface area contributed by atoms with Gasteiger partial charge in [-0.3, -0.25) is 0 Å². The van der Waals surface area contributed by atoms with Gasteiger partial charge in [0.15, 0.2) is 5.69 Å². The minimum Gasteiger partial charge on any atom is -0.461 e. The molecule has 2 aromatic rings. The van der Waals surface area contributed by atoms with Crippen molar-refractivity contribution in [1.82, 2.24) is 9.78 Å². The van der Waals surface area contributed by atoms with E-state index in [1.54, 1.807) is 18.7 Å². The Balaban J connectivity index is 2.34. The second-order valence-electron chi connectivity index (χ2n) is 4.75. The summed E-state index contributed by atoms with van der Waals surface area (Å²) in [6.45, 7) is 6.08. The number of hydrogen-bond donors (Lipinski definition) is 0. The van der Waals surface area contributed by atoms with Crippen molar-refractivity contribution in [2.45, 2.75) is 27.2 Å². The van der Waals surface area contributed by atoms with E-state index in [-0.39, 0.29) is 0 Å². The van der Waals surface area contributed by atoms with E-state index in [2.05, 4.69) is 5.10 Å². The van der Waals surface area contributed by atoms with Crippen LogP contribution in [0.3, 0.4) is 0 Å². The van der Waals surface area contributed by atoms with Crippen molar-refractivity contribution in [3.8, 4) is 11.6 Å². The van der Waals surface area contributed by atoms with Crippen LogP contribution in [0.4, 0.5) is 0 Å². The lowest BCUT2D eigenvalue weighted by molar-refractivity contribution is 0.0517. The van der Waals surface area contributed by atoms with Crippen LogP contribution in [0.1, 0.15) is 35.5 Å². The molecule has 2 rings (SSSR count). The smallest absolute Gasteiger partial charge is 0.359 e. The summed E-state index contributed by atoms with van der Waals surface area (Å²) in [5.74, 6) is 0.877. The molecule has 112 valence electrons. The third kappa shape index (κ3) is 3.24. The van der Waals surface area contributed by atoms with Gasteiger partial charge in [0.1, 0.15) is 5.75 Å². The number of benzene rings is 1. The average Bonchev–Trinajstić information content (AvgIpc) is 2.78. The number of hydrogen-bond acceptors (Lipinski definition) is 4. The van der Waals surface area contributed by atoms with Crippen molar-refractivity contribution < 1.29 is 14.3 Å². The average molecular weight is 288 g/mol. The Bertz CT molecular complexity index is 630. The number of ether oxygens (including phenoxy) is 2. The number of carbonyl (C=O) groups excluding carboxylic acids is 1. The number of nitrogens with zero attached hydrogens (tertiary/aromatic N) is 2. The quantitative estimate of drug-likeness (QED) is 0.792. The molecule has 5 nitrogen and oxygen atoms in total. The van der Waals surface area contributed by atoms with Crippen molar-refractivity contribution in [3.05, 3.63) is 41.1 Å². The molecule has 0 aliphatic rings. The molecule has 0 unspecified atom stereocenters. The van der Waals surface area contributed by atoms with Gasteiger partial charge >= 0.3 is 5.97 Å². The highest BCUT2D eigenvalue weighted by Crippen LogP contribution is 2.28. The first-order valence-corrected chi connectivity index (χ1v) is 7.04. The largest absolute Gasteiger partial charge is 0.461 e. The maximum Gasteiger partial charge on any atom is 0.359 e. The molecule has 0 aliphatic carbocycles. The van der Waals surface area contributed by atoms with Crippen LogP contribution in [-0.2, 0) is 18.2 Å². The number of aryl methyl sites for hydroxylation is 2. The van der Waals surface area contributed by atoms with Crippen LogP contribution in [-0.4, -0.2) is 22.4 Å². The maximum atomic E-state index is 11.9. The monoisotopic (exact) mass is 288 g/mol. The van der Waals surface area contributed by atoms with E-state index >= 15 is 0 Å². The molecule has 0 saturated carbocycles. The Morgan fingerprint density at radius 1 is 1.24 bits per heavy atom. The third-order valence-electron chi connectivity index (χ3n) is 3.15. The van der Waals surface area contributed by atoms with Gasteiger partial charge in [-0.15, -0.1) is 0 Å². The summed E-state index contributed by atoms with van der Waals surface area (Å²) < 4.78 is 12.5. The summed E-state index contributed by atoms with van der Waals surface area (Å²) in [7, 11) is 1.76. The van der Waals surface area contributed by atoms with Crippen LogP contribution >= 0.6 is 0 Å². The van der Waals surface area contributed by atoms with Gasteiger partial charge < -0.3 is 9.47 Å². The molecule has 0 atom stereocenters. The Morgan fingerprint density at radius 3 is 2.48 bits per heavy atom. The Kier molecular flexibility index (Phi) is 4.62. The van der Waals surface area contributed by atoms with Crippen LogP contribution in [0.5, 0.6) is 11.6 Å². The van der Waals surface area contributed by atoms with E-state index in [4.69, 9.17) is 9.47 Å². The van der Waals surface area contributed by atoms with Gasteiger partial charge in [0, 0.05) is 12.6 Å². The zero-order valence-corrected chi connectivity index (χ0v) is 12.8. The highest BCUT2D eigenvalue weighted by Gasteiger charge is 2.23. The molecule has 1 heterocycles. The van der Waals surface area contributed by atoms with Crippen molar-refractivity contribution in [3.63, 3.8) is 0 Å². The maximum absolute atomic E-state index is 11.9. The lowest BCUT2D eigenvalue weighted by atomic mass is 10.2. The summed E-state index contributed by atoms with van der Waals surface area (Å²) in [5.41, 5.74) is 2.25. The Hall–Kier alpha value is -2.30. The van der Waals surface area contributed by atoms with Gasteiger partial charge in [-0.05, 0) is 32.4 Å². The fraction of sp³-hybridized carbons (Fsp3) is 0.375. The third-order valence-corrected chi connectivity index (χ3v) is 3.15. The first-order chi connectivity index (χ1) is 10.1. The van der Waals surface area contributed by atoms with Crippen molar-refractivity contribution in [2.75, 3.05) is 6.61 Å². The highest BCUT2D eigenvalue weighted by atomic mass is 16.5. The summed E-state index contributed by atoms with van der Waals surface area (Å²) in [6, 6.07) is 7.74. The van der Waals surface area contributed by atoms with Crippen LogP contribution in [0.2, 0.25) is 0 Å². The van der Waals surface area contributed by atoms with Gasteiger partial charge in [0.25, 0.3) is 0 Å². The van der Waals surface area contributed by atoms with Crippen molar-refractivity contribution in [1.29, 1.82) is 0 Å². The molecule has 5 heteroatoms. The van der Waals surface area contributed by atoms with Crippen molar-refractivity contribution in [2.24, 2.45) is 7.05 Å². The standard InChI is InChI=1S/C16H20N2O3/c1-5-13-14(16(19)20-6-2)17-18(4)15(13)21-12-9-7-11(3)8-10-12/h7-10H,5-6H2,1-4H3. The van der Waals surface area contributed by atoms with Gasteiger partial charge in [-0.25, -0.2) is 9.48 Å². The fourth-order valence-electron chi connectivity index (χ4n) is 2.08. The van der Waals surface area contributed by atoms with Gasteiger partial charge in [-0.1, -0.05) is 24.6 Å². The van der Waals surface area contributed by atoms with E-state index < -0.39 is 5.97 Å². The van der Waals surface area contributed by atoms with E-state index in [0.717, 1.165) is 11.1 Å². The molecule has 1 aromatic carbocycles. The second-order valence-corrected chi connectivity index (χ2v) is 4.75. The molecule has 0 fully saturated rings. The summed E-state index contributed by atoms with van der Waals surface area (Å²) in [6.07, 6.45) is 0.642. The van der Waals surface area contributed by atoms with E-state index in [1.165, 1.54) is 0 Å². The molecular weight excluding hydrogens is 268 g/mol. The predicted octanol–water partition coefficient (Wildman–Crippen LogP) is 3.26. The minimum atomic E-state index is -0.413. The molecule has 0 spiro atoms. The lowest BCUT2D eigenvalue weighted by Gasteiger charge is -2.08. The zero-order chi connectivity index (χ0) is 15.4. The molecule has 1 aromatic heterocycles. The van der Waals surface area contributed by atoms with Gasteiger partial charge in [0.05, 0.1) is 6.61 Å². The molecule has 0 aliphatic heterocycles. The fourth-order valence-corrected chi connectivity index (χ4v) is 2.08. The van der Waals surface area contributed by atoms with E-state index in [1.807, 2.05) is 38.1 Å². The number of carbonyl (C=O) groups is 1. The molecular formula is C16H20N2O3. The van der Waals surface area contributed by atoms with Crippen LogP contribution in [0.15, 0.2) is 24.3 Å². The normalized spacial score (nSPS) is 10.5. The molecule has 0 saturated heterocycles. The lowest BCUT2D eigenvalue weighted by Crippen LogP contribution is -2.08. The summed E-state index contributed by atoms with van der Waals surface area (Å²) >= 11 is 0. The molecule has 0 amide bonds. The van der Waals surface area contributed by atoms with Gasteiger partial charge in [-0.2, -0.15) is 5.10 Å². The van der Waals surface area contributed by atoms with E-state index in [0.29, 0.717) is 30.4 Å². The number of aromatic nitrogens is 2. The molecule has 0 N–H and O–H groups in total. The Morgan fingerprint density at radius 2 is 1.90 bits per heavy atom. The van der Waals surface area contributed by atoms with Crippen LogP contribution < -0.4 is 4.74 Å². The number of esters is 1. The predicted molar refractivity (Wildman–Crippen MR) is 79.8 cm³/mol. The Labute approximate surface area is 124 Å². The molecule has 21 heavy (non-hydrogen) atoms. The van der Waals surface area contributed by atoms with Crippen LogP contribution in [0.25, 0.3) is 0 Å². The minimum absolute atomic E-state index is 0.323.